The van der Waals surface area contributed by atoms with Gasteiger partial charge in [-0.3, -0.25) is 19.1 Å². The van der Waals surface area contributed by atoms with Gasteiger partial charge in [0.2, 0.25) is 33.3 Å². The predicted octanol–water partition coefficient (Wildman–Crippen LogP) is 5.31. The summed E-state index contributed by atoms with van der Waals surface area (Å²) in [6.45, 7) is 4.29. The minimum Gasteiger partial charge on any atom is -0.494 e. The fraction of sp³-hybridized carbons (Fsp3) is 0.625. The van der Waals surface area contributed by atoms with Crippen molar-refractivity contribution in [1.82, 2.24) is 25.2 Å². The van der Waals surface area contributed by atoms with Crippen LogP contribution < -0.4 is 29.6 Å². The Balaban J connectivity index is 1.38. The lowest BCUT2D eigenvalue weighted by atomic mass is 9.88. The van der Waals surface area contributed by atoms with Crippen molar-refractivity contribution in [1.29, 1.82) is 0 Å². The van der Waals surface area contributed by atoms with Crippen molar-refractivity contribution in [3.8, 4) is 17.4 Å². The zero-order valence-corrected chi connectivity index (χ0v) is 35.6. The fourth-order valence-electron chi connectivity index (χ4n) is 8.07. The minimum atomic E-state index is -4.99. The Bertz CT molecular complexity index is 2240. The zero-order chi connectivity index (χ0) is 45.7. The first-order chi connectivity index (χ1) is 28.9. The summed E-state index contributed by atoms with van der Waals surface area (Å²) >= 11 is 0. The van der Waals surface area contributed by atoms with Gasteiger partial charge in [-0.05, 0) is 76.3 Å². The molecule has 0 radical (unpaired) electrons. The van der Waals surface area contributed by atoms with Crippen LogP contribution in [0.3, 0.4) is 0 Å². The number of pyridine rings is 1. The summed E-state index contributed by atoms with van der Waals surface area (Å²) in [5.74, 6) is -5.74. The molecule has 342 valence electrons. The van der Waals surface area contributed by atoms with Crippen LogP contribution in [0.5, 0.6) is 17.4 Å². The Morgan fingerprint density at radius 2 is 1.71 bits per heavy atom. The van der Waals surface area contributed by atoms with Gasteiger partial charge in [-0.25, -0.2) is 31.4 Å². The molecule has 2 aliphatic carbocycles. The topological polar surface area (TPSA) is 192 Å². The van der Waals surface area contributed by atoms with Gasteiger partial charge in [-0.15, -0.1) is 0 Å². The third kappa shape index (κ3) is 8.92. The number of amides is 4. The molecule has 0 unspecified atom stereocenters. The van der Waals surface area contributed by atoms with Crippen LogP contribution in [0.15, 0.2) is 30.5 Å². The lowest BCUT2D eigenvalue weighted by Crippen LogP contribution is -2.60. The van der Waals surface area contributed by atoms with Gasteiger partial charge in [0.1, 0.15) is 29.5 Å². The molecule has 6 rings (SSSR count). The van der Waals surface area contributed by atoms with E-state index in [0.717, 1.165) is 11.0 Å². The molecule has 15 nitrogen and oxygen atoms in total. The van der Waals surface area contributed by atoms with Gasteiger partial charge in [0.05, 0.1) is 32.3 Å². The predicted molar refractivity (Wildman–Crippen MR) is 208 cm³/mol. The second kappa shape index (κ2) is 16.9. The van der Waals surface area contributed by atoms with Crippen molar-refractivity contribution in [2.45, 2.75) is 119 Å². The number of hydrogen-bond donors (Lipinski definition) is 3. The molecule has 62 heavy (non-hydrogen) atoms. The monoisotopic (exact) mass is 905 g/mol. The highest BCUT2D eigenvalue weighted by Gasteiger charge is 2.66. The molecule has 2 aromatic rings. The van der Waals surface area contributed by atoms with Gasteiger partial charge in [0, 0.05) is 17.7 Å². The molecule has 2 saturated carbocycles. The highest BCUT2D eigenvalue weighted by molar-refractivity contribution is 7.91. The van der Waals surface area contributed by atoms with Crippen LogP contribution in [-0.2, 0) is 29.1 Å². The number of benzene rings is 1. The van der Waals surface area contributed by atoms with E-state index in [2.05, 4.69) is 15.6 Å². The molecule has 2 aliphatic heterocycles. The molecular formula is C40H49F6N5O10S. The summed E-state index contributed by atoms with van der Waals surface area (Å²) in [4.78, 5) is 61.6. The van der Waals surface area contributed by atoms with Crippen molar-refractivity contribution < 1.29 is 72.9 Å². The maximum atomic E-state index is 15.1. The van der Waals surface area contributed by atoms with Gasteiger partial charge < -0.3 is 34.5 Å². The van der Waals surface area contributed by atoms with Crippen molar-refractivity contribution in [3.63, 3.8) is 0 Å². The number of carbonyl (C=O) groups excluding carboxylic acids is 4. The van der Waals surface area contributed by atoms with Gasteiger partial charge in [-0.2, -0.15) is 13.2 Å². The van der Waals surface area contributed by atoms with Gasteiger partial charge >= 0.3 is 12.3 Å². The van der Waals surface area contributed by atoms with E-state index in [9.17, 15) is 49.5 Å². The van der Waals surface area contributed by atoms with Crippen molar-refractivity contribution in [2.75, 3.05) is 20.8 Å². The maximum absolute atomic E-state index is 15.1. The van der Waals surface area contributed by atoms with Gasteiger partial charge in [0.25, 0.3) is 12.3 Å². The number of sulfonamides is 1. The summed E-state index contributed by atoms with van der Waals surface area (Å²) in [7, 11) is -2.31. The number of ether oxygens (including phenoxy) is 4. The SMILES string of the molecule is COc1cc2c(OC)cnc(O[C@@H]3C[C@H]4C(=O)N[C@]5(C(=O)NS(=O)(=O)C6(C(F)F)CC6)C[C@H]5/C=C\CC[C@@H](C)C[C@@H](C)[C@H](NC(=O)OC(C)(C)C(F)(F)F)C(=O)N4C3)c2cc1F. The third-order valence-corrected chi connectivity index (χ3v) is 14.3. The van der Waals surface area contributed by atoms with Crippen molar-refractivity contribution >= 4 is 44.6 Å². The first-order valence-electron chi connectivity index (χ1n) is 20.0. The number of methoxy groups -OCH3 is 2. The van der Waals surface area contributed by atoms with Crippen molar-refractivity contribution in [3.05, 3.63) is 36.3 Å². The maximum Gasteiger partial charge on any atom is 0.427 e. The van der Waals surface area contributed by atoms with Crippen LogP contribution in [0.2, 0.25) is 0 Å². The van der Waals surface area contributed by atoms with E-state index in [1.165, 1.54) is 26.5 Å². The van der Waals surface area contributed by atoms with E-state index in [1.54, 1.807) is 23.8 Å². The normalized spacial score (nSPS) is 28.4. The number of aromatic nitrogens is 1. The summed E-state index contributed by atoms with van der Waals surface area (Å²) in [5, 5.41) is 5.31. The van der Waals surface area contributed by atoms with Gasteiger partial charge in [-0.1, -0.05) is 26.0 Å². The number of carbonyl (C=O) groups is 4. The van der Waals surface area contributed by atoms with Crippen molar-refractivity contribution in [2.24, 2.45) is 17.8 Å². The second-order valence-corrected chi connectivity index (χ2v) is 19.1. The Hall–Kier alpha value is -5.02. The van der Waals surface area contributed by atoms with Crippen LogP contribution in [0.4, 0.5) is 31.1 Å². The molecule has 1 aromatic carbocycles. The van der Waals surface area contributed by atoms with Crippen LogP contribution in [0.25, 0.3) is 10.8 Å². The van der Waals surface area contributed by atoms with E-state index >= 15 is 4.39 Å². The number of nitrogens with one attached hydrogen (secondary N) is 3. The molecule has 7 atom stereocenters. The molecule has 3 heterocycles. The number of alkyl halides is 5. The number of hydrogen-bond acceptors (Lipinski definition) is 11. The van der Waals surface area contributed by atoms with Gasteiger partial charge in [0.15, 0.2) is 16.3 Å². The summed E-state index contributed by atoms with van der Waals surface area (Å²) < 4.78 is 131. The Morgan fingerprint density at radius 3 is 2.32 bits per heavy atom. The van der Waals surface area contributed by atoms with E-state index < -0.39 is 105 Å². The number of nitrogens with zero attached hydrogens (tertiary/aromatic N) is 2. The molecule has 3 fully saturated rings. The largest absolute Gasteiger partial charge is 0.494 e. The standard InChI is InChI=1S/C40H49F6N5O10S/c1-20-9-7-8-10-22-17-39(22,35(54)50-62(56,57)38(11-12-38)34(42)43)49-31(52)27-14-23(60-32-25-15-26(41)28(58-5)16-24(25)29(59-6)18-47-32)19-51(27)33(53)30(21(2)13-20)48-36(55)61-37(3,4)40(44,45)46/h8,10,15-16,18,20-23,27,30,34H,7,9,11-14,17,19H2,1-6H3,(H,48,55)(H,49,52)(H,50,54)/b10-8-/t20-,21-,22-,23-,27+,30+,39-/m1/s1. The summed E-state index contributed by atoms with van der Waals surface area (Å²) in [5.41, 5.74) is -4.92. The first kappa shape index (κ1) is 46.5. The van der Waals surface area contributed by atoms with E-state index in [1.807, 2.05) is 6.92 Å². The molecule has 4 amide bonds. The number of alkyl carbamates (subject to hydrolysis) is 1. The third-order valence-electron chi connectivity index (χ3n) is 12.2. The minimum absolute atomic E-state index is 0.113. The molecule has 0 bridgehead atoms. The molecular weight excluding hydrogens is 857 g/mol. The number of fused-ring (bicyclic) bond motifs is 3. The zero-order valence-electron chi connectivity index (χ0n) is 34.7. The highest BCUT2D eigenvalue weighted by Crippen LogP contribution is 2.50. The van der Waals surface area contributed by atoms with Crippen LogP contribution >= 0.6 is 0 Å². The quantitative estimate of drug-likeness (QED) is 0.207. The fourth-order valence-corrected chi connectivity index (χ4v) is 9.57. The van der Waals surface area contributed by atoms with E-state index in [4.69, 9.17) is 18.9 Å². The molecule has 1 saturated heterocycles. The van der Waals surface area contributed by atoms with Crippen LogP contribution in [-0.4, -0.2) is 110 Å². The Labute approximate surface area is 353 Å². The molecule has 3 N–H and O–H groups in total. The summed E-state index contributed by atoms with van der Waals surface area (Å²) in [6, 6.07) is -0.690. The number of allylic oxidation sites excluding steroid dienone is 1. The Morgan fingerprint density at radius 1 is 1.03 bits per heavy atom. The molecule has 4 aliphatic rings. The smallest absolute Gasteiger partial charge is 0.427 e. The Kier molecular flexibility index (Phi) is 12.7. The van der Waals surface area contributed by atoms with E-state index in [0.29, 0.717) is 32.1 Å². The average Bonchev–Trinajstić information content (AvgIpc) is 4.09. The molecule has 22 heteroatoms. The van der Waals surface area contributed by atoms with Crippen LogP contribution in [0.1, 0.15) is 72.6 Å². The molecule has 0 spiro atoms. The average molecular weight is 906 g/mol. The highest BCUT2D eigenvalue weighted by atomic mass is 32.2. The lowest BCUT2D eigenvalue weighted by molar-refractivity contribution is -0.244. The van der Waals surface area contributed by atoms with E-state index in [-0.39, 0.29) is 60.8 Å². The van der Waals surface area contributed by atoms with Crippen LogP contribution in [0, 0.1) is 23.6 Å². The number of halogens is 6. The summed E-state index contributed by atoms with van der Waals surface area (Å²) in [6.07, 6.45) is -6.42. The lowest BCUT2D eigenvalue weighted by Gasteiger charge is -2.34. The first-order valence-corrected chi connectivity index (χ1v) is 21.5. The second-order valence-electron chi connectivity index (χ2n) is 17.1. The molecule has 1 aromatic heterocycles. The number of rotatable bonds is 10.